The molecular weight excluding hydrogens is 257 g/mol. The Labute approximate surface area is 110 Å². The molecule has 1 aliphatic heterocycles. The first kappa shape index (κ1) is 14.3. The van der Waals surface area contributed by atoms with Crippen LogP contribution in [-0.2, 0) is 13.1 Å². The van der Waals surface area contributed by atoms with Gasteiger partial charge < -0.3 is 9.88 Å². The SMILES string of the molecule is CC1CN(Cc2nccn2CC(F)(F)F)C(C)CN1. The van der Waals surface area contributed by atoms with Crippen LogP contribution in [0.15, 0.2) is 12.4 Å². The smallest absolute Gasteiger partial charge is 0.325 e. The number of hydrogen-bond acceptors (Lipinski definition) is 3. The molecule has 1 aliphatic rings. The maximum atomic E-state index is 12.4. The van der Waals surface area contributed by atoms with Crippen molar-refractivity contribution >= 4 is 0 Å². The Morgan fingerprint density at radius 1 is 1.42 bits per heavy atom. The molecule has 2 rings (SSSR count). The Bertz CT molecular complexity index is 415. The summed E-state index contributed by atoms with van der Waals surface area (Å²) in [7, 11) is 0. The highest BCUT2D eigenvalue weighted by atomic mass is 19.4. The van der Waals surface area contributed by atoms with Gasteiger partial charge in [-0.15, -0.1) is 0 Å². The molecule has 0 aliphatic carbocycles. The van der Waals surface area contributed by atoms with Gasteiger partial charge >= 0.3 is 6.18 Å². The quantitative estimate of drug-likeness (QED) is 0.911. The molecule has 0 saturated carbocycles. The molecule has 1 aromatic heterocycles. The lowest BCUT2D eigenvalue weighted by Crippen LogP contribution is -2.54. The number of halogens is 3. The third kappa shape index (κ3) is 3.94. The molecule has 108 valence electrons. The summed E-state index contributed by atoms with van der Waals surface area (Å²) in [6.45, 7) is 5.28. The van der Waals surface area contributed by atoms with Crippen LogP contribution in [0.3, 0.4) is 0 Å². The minimum atomic E-state index is -4.21. The summed E-state index contributed by atoms with van der Waals surface area (Å²) in [6.07, 6.45) is -1.39. The lowest BCUT2D eigenvalue weighted by molar-refractivity contribution is -0.141. The Kier molecular flexibility index (Phi) is 4.15. The maximum absolute atomic E-state index is 12.4. The molecule has 1 saturated heterocycles. The first-order valence-corrected chi connectivity index (χ1v) is 6.39. The first-order valence-electron chi connectivity index (χ1n) is 6.39. The molecule has 19 heavy (non-hydrogen) atoms. The standard InChI is InChI=1S/C12H19F3N4/c1-9-6-19(10(2)5-17-9)7-11-16-3-4-18(11)8-12(13,14)15/h3-4,9-10,17H,5-8H2,1-2H3. The number of nitrogens with zero attached hydrogens (tertiary/aromatic N) is 3. The minimum absolute atomic E-state index is 0.298. The van der Waals surface area contributed by atoms with E-state index in [9.17, 15) is 13.2 Å². The predicted octanol–water partition coefficient (Wildman–Crippen LogP) is 1.63. The van der Waals surface area contributed by atoms with E-state index in [2.05, 4.69) is 29.0 Å². The molecule has 1 N–H and O–H groups in total. The molecule has 1 aromatic rings. The number of aromatic nitrogens is 2. The average molecular weight is 276 g/mol. The van der Waals surface area contributed by atoms with E-state index >= 15 is 0 Å². The number of piperazine rings is 1. The molecule has 4 nitrogen and oxygen atoms in total. The number of imidazole rings is 1. The largest absolute Gasteiger partial charge is 0.406 e. The van der Waals surface area contributed by atoms with Crippen LogP contribution in [0.2, 0.25) is 0 Å². The van der Waals surface area contributed by atoms with Crippen molar-refractivity contribution in [1.82, 2.24) is 19.8 Å². The van der Waals surface area contributed by atoms with E-state index in [0.717, 1.165) is 13.1 Å². The highest BCUT2D eigenvalue weighted by Gasteiger charge is 2.30. The Morgan fingerprint density at radius 3 is 2.84 bits per heavy atom. The monoisotopic (exact) mass is 276 g/mol. The molecule has 0 amide bonds. The number of rotatable bonds is 3. The van der Waals surface area contributed by atoms with Crippen LogP contribution in [0.4, 0.5) is 13.2 Å². The zero-order valence-corrected chi connectivity index (χ0v) is 11.1. The summed E-state index contributed by atoms with van der Waals surface area (Å²) in [5.74, 6) is 0.471. The van der Waals surface area contributed by atoms with Crippen molar-refractivity contribution in [2.75, 3.05) is 13.1 Å². The maximum Gasteiger partial charge on any atom is 0.406 e. The second-order valence-corrected chi connectivity index (χ2v) is 5.17. The van der Waals surface area contributed by atoms with Crippen LogP contribution >= 0.6 is 0 Å². The zero-order chi connectivity index (χ0) is 14.0. The minimum Gasteiger partial charge on any atom is -0.325 e. The number of alkyl halides is 3. The Hall–Kier alpha value is -1.08. The van der Waals surface area contributed by atoms with Crippen molar-refractivity contribution < 1.29 is 13.2 Å². The first-order chi connectivity index (χ1) is 8.85. The van der Waals surface area contributed by atoms with Gasteiger partial charge in [-0.25, -0.2) is 4.98 Å². The molecule has 0 spiro atoms. The van der Waals surface area contributed by atoms with E-state index in [-0.39, 0.29) is 0 Å². The van der Waals surface area contributed by atoms with Crippen LogP contribution in [-0.4, -0.2) is 45.8 Å². The summed E-state index contributed by atoms with van der Waals surface area (Å²) in [4.78, 5) is 6.22. The van der Waals surface area contributed by atoms with Crippen molar-refractivity contribution in [3.63, 3.8) is 0 Å². The summed E-state index contributed by atoms with van der Waals surface area (Å²) in [5.41, 5.74) is 0. The van der Waals surface area contributed by atoms with Gasteiger partial charge in [0.1, 0.15) is 12.4 Å². The lowest BCUT2D eigenvalue weighted by Gasteiger charge is -2.37. The highest BCUT2D eigenvalue weighted by Crippen LogP contribution is 2.19. The molecule has 0 radical (unpaired) electrons. The van der Waals surface area contributed by atoms with Crippen molar-refractivity contribution in [2.45, 2.75) is 45.2 Å². The fourth-order valence-electron chi connectivity index (χ4n) is 2.33. The van der Waals surface area contributed by atoms with Gasteiger partial charge in [0.15, 0.2) is 0 Å². The normalized spacial score (nSPS) is 25.7. The van der Waals surface area contributed by atoms with Crippen LogP contribution in [0.1, 0.15) is 19.7 Å². The van der Waals surface area contributed by atoms with Crippen molar-refractivity contribution in [2.24, 2.45) is 0 Å². The van der Waals surface area contributed by atoms with E-state index in [1.807, 2.05) is 0 Å². The topological polar surface area (TPSA) is 33.1 Å². The van der Waals surface area contributed by atoms with Crippen LogP contribution < -0.4 is 5.32 Å². The fourth-order valence-corrected chi connectivity index (χ4v) is 2.33. The summed E-state index contributed by atoms with van der Waals surface area (Å²) >= 11 is 0. The van der Waals surface area contributed by atoms with E-state index < -0.39 is 12.7 Å². The number of hydrogen-bond donors (Lipinski definition) is 1. The van der Waals surface area contributed by atoms with E-state index in [1.54, 1.807) is 0 Å². The van der Waals surface area contributed by atoms with Crippen molar-refractivity contribution in [3.05, 3.63) is 18.2 Å². The molecule has 7 heteroatoms. The summed E-state index contributed by atoms with van der Waals surface area (Å²) in [6, 6.07) is 0.648. The number of nitrogens with one attached hydrogen (secondary N) is 1. The summed E-state index contributed by atoms with van der Waals surface area (Å²) in [5, 5.41) is 3.35. The second kappa shape index (κ2) is 5.50. The van der Waals surface area contributed by atoms with E-state index in [4.69, 9.17) is 0 Å². The lowest BCUT2D eigenvalue weighted by atomic mass is 10.1. The van der Waals surface area contributed by atoms with Gasteiger partial charge in [0.25, 0.3) is 0 Å². The van der Waals surface area contributed by atoms with Crippen LogP contribution in [0.25, 0.3) is 0 Å². The van der Waals surface area contributed by atoms with E-state index in [1.165, 1.54) is 17.0 Å². The molecule has 0 aromatic carbocycles. The van der Waals surface area contributed by atoms with Gasteiger partial charge in [-0.05, 0) is 13.8 Å². The zero-order valence-electron chi connectivity index (χ0n) is 11.1. The highest BCUT2D eigenvalue weighted by molar-refractivity contribution is 4.95. The van der Waals surface area contributed by atoms with Gasteiger partial charge in [-0.2, -0.15) is 13.2 Å². The van der Waals surface area contributed by atoms with E-state index in [0.29, 0.717) is 24.5 Å². The molecular formula is C12H19F3N4. The second-order valence-electron chi connectivity index (χ2n) is 5.17. The van der Waals surface area contributed by atoms with Crippen LogP contribution in [0, 0.1) is 0 Å². The molecule has 1 fully saturated rings. The molecule has 2 heterocycles. The third-order valence-electron chi connectivity index (χ3n) is 3.39. The Morgan fingerprint density at radius 2 is 2.16 bits per heavy atom. The van der Waals surface area contributed by atoms with Gasteiger partial charge in [0.05, 0.1) is 6.54 Å². The van der Waals surface area contributed by atoms with Crippen LogP contribution in [0.5, 0.6) is 0 Å². The van der Waals surface area contributed by atoms with Gasteiger partial charge in [-0.1, -0.05) is 0 Å². The fraction of sp³-hybridized carbons (Fsp3) is 0.750. The summed E-state index contributed by atoms with van der Waals surface area (Å²) < 4.78 is 38.5. The van der Waals surface area contributed by atoms with Gasteiger partial charge in [0.2, 0.25) is 0 Å². The predicted molar refractivity (Wildman–Crippen MR) is 65.6 cm³/mol. The molecule has 0 bridgehead atoms. The van der Waals surface area contributed by atoms with Gasteiger partial charge in [-0.3, -0.25) is 4.90 Å². The van der Waals surface area contributed by atoms with Gasteiger partial charge in [0, 0.05) is 37.6 Å². The van der Waals surface area contributed by atoms with Crippen molar-refractivity contribution in [3.8, 4) is 0 Å². The molecule has 2 unspecified atom stereocenters. The molecule has 2 atom stereocenters. The average Bonchev–Trinajstić information content (AvgIpc) is 2.69. The third-order valence-corrected chi connectivity index (χ3v) is 3.39. The van der Waals surface area contributed by atoms with Crippen molar-refractivity contribution in [1.29, 1.82) is 0 Å². The Balaban J connectivity index is 2.04.